The van der Waals surface area contributed by atoms with Gasteiger partial charge < -0.3 is 4.74 Å². The molecule has 0 aliphatic rings. The SMILES string of the molecule is O=[N+]([O-])c1cccnc1OCCc1cccc2ccccc12. The molecule has 0 radical (unpaired) electrons. The summed E-state index contributed by atoms with van der Waals surface area (Å²) in [5.41, 5.74) is 1.04. The summed E-state index contributed by atoms with van der Waals surface area (Å²) in [7, 11) is 0. The molecule has 5 nitrogen and oxygen atoms in total. The van der Waals surface area contributed by atoms with Crippen LogP contribution in [-0.2, 0) is 6.42 Å². The summed E-state index contributed by atoms with van der Waals surface area (Å²) in [4.78, 5) is 14.4. The van der Waals surface area contributed by atoms with E-state index in [1.807, 2.05) is 24.3 Å². The van der Waals surface area contributed by atoms with Gasteiger partial charge in [-0.3, -0.25) is 10.1 Å². The second-order valence-corrected chi connectivity index (χ2v) is 4.82. The van der Waals surface area contributed by atoms with Gasteiger partial charge in [-0.1, -0.05) is 42.5 Å². The molecule has 5 heteroatoms. The lowest BCUT2D eigenvalue weighted by Crippen LogP contribution is -2.05. The van der Waals surface area contributed by atoms with Crippen molar-refractivity contribution in [3.05, 3.63) is 76.5 Å². The highest BCUT2D eigenvalue weighted by atomic mass is 16.6. The Kier molecular flexibility index (Phi) is 3.96. The molecule has 0 saturated heterocycles. The monoisotopic (exact) mass is 294 g/mol. The van der Waals surface area contributed by atoms with Crippen LogP contribution in [-0.4, -0.2) is 16.5 Å². The fraction of sp³-hybridized carbons (Fsp3) is 0.118. The molecule has 0 atom stereocenters. The Balaban J connectivity index is 1.74. The van der Waals surface area contributed by atoms with Crippen LogP contribution in [0.4, 0.5) is 5.69 Å². The summed E-state index contributed by atoms with van der Waals surface area (Å²) in [6, 6.07) is 17.1. The van der Waals surface area contributed by atoms with E-state index in [-0.39, 0.29) is 11.6 Å². The van der Waals surface area contributed by atoms with Crippen LogP contribution in [0.25, 0.3) is 10.8 Å². The van der Waals surface area contributed by atoms with Gasteiger partial charge in [0.05, 0.1) is 11.5 Å². The highest BCUT2D eigenvalue weighted by Crippen LogP contribution is 2.24. The summed E-state index contributed by atoms with van der Waals surface area (Å²) in [6.07, 6.45) is 2.15. The largest absolute Gasteiger partial charge is 0.472 e. The number of ether oxygens (including phenoxy) is 1. The number of rotatable bonds is 5. The molecule has 1 aromatic heterocycles. The Bertz CT molecular complexity index is 812. The minimum Gasteiger partial charge on any atom is -0.472 e. The van der Waals surface area contributed by atoms with Gasteiger partial charge in [0.1, 0.15) is 0 Å². The molecule has 3 aromatic rings. The van der Waals surface area contributed by atoms with Crippen molar-refractivity contribution in [2.24, 2.45) is 0 Å². The smallest absolute Gasteiger partial charge is 0.330 e. The molecule has 0 amide bonds. The third kappa shape index (κ3) is 2.88. The maximum Gasteiger partial charge on any atom is 0.330 e. The summed E-state index contributed by atoms with van der Waals surface area (Å²) < 4.78 is 5.50. The normalized spacial score (nSPS) is 10.5. The van der Waals surface area contributed by atoms with Crippen molar-refractivity contribution in [3.63, 3.8) is 0 Å². The van der Waals surface area contributed by atoms with Crippen LogP contribution in [0.3, 0.4) is 0 Å². The third-order valence-electron chi connectivity index (χ3n) is 3.44. The molecule has 0 fully saturated rings. The number of nitro groups is 1. The number of aromatic nitrogens is 1. The number of hydrogen-bond acceptors (Lipinski definition) is 4. The number of nitrogens with zero attached hydrogens (tertiary/aromatic N) is 2. The molecule has 22 heavy (non-hydrogen) atoms. The molecular formula is C17H14N2O3. The van der Waals surface area contributed by atoms with E-state index in [1.165, 1.54) is 29.1 Å². The summed E-state index contributed by atoms with van der Waals surface area (Å²) >= 11 is 0. The van der Waals surface area contributed by atoms with Gasteiger partial charge in [-0.15, -0.1) is 0 Å². The first-order valence-corrected chi connectivity index (χ1v) is 6.94. The van der Waals surface area contributed by atoms with Crippen molar-refractivity contribution in [1.29, 1.82) is 0 Å². The van der Waals surface area contributed by atoms with Crippen LogP contribution in [0.2, 0.25) is 0 Å². The molecule has 2 aromatic carbocycles. The first kappa shape index (κ1) is 14.0. The molecule has 110 valence electrons. The van der Waals surface area contributed by atoms with E-state index < -0.39 is 4.92 Å². The Morgan fingerprint density at radius 3 is 2.73 bits per heavy atom. The Morgan fingerprint density at radius 1 is 1.05 bits per heavy atom. The predicted molar refractivity (Wildman–Crippen MR) is 84.0 cm³/mol. The van der Waals surface area contributed by atoms with E-state index in [9.17, 15) is 10.1 Å². The highest BCUT2D eigenvalue weighted by molar-refractivity contribution is 5.85. The van der Waals surface area contributed by atoms with E-state index in [0.717, 1.165) is 5.56 Å². The van der Waals surface area contributed by atoms with Crippen LogP contribution in [0, 0.1) is 10.1 Å². The Morgan fingerprint density at radius 2 is 1.86 bits per heavy atom. The van der Waals surface area contributed by atoms with Crippen molar-refractivity contribution in [1.82, 2.24) is 4.98 Å². The Hall–Kier alpha value is -2.95. The minimum absolute atomic E-state index is 0.0627. The third-order valence-corrected chi connectivity index (χ3v) is 3.44. The van der Waals surface area contributed by atoms with Crippen molar-refractivity contribution >= 4 is 16.5 Å². The average molecular weight is 294 g/mol. The second kappa shape index (κ2) is 6.22. The Labute approximate surface area is 127 Å². The molecule has 0 bridgehead atoms. The standard InChI is InChI=1S/C17H14N2O3/c20-19(21)16-9-4-11-18-17(16)22-12-10-14-7-3-6-13-5-1-2-8-15(13)14/h1-9,11H,10,12H2. The maximum atomic E-state index is 10.9. The molecule has 0 N–H and O–H groups in total. The number of hydrogen-bond donors (Lipinski definition) is 0. The number of fused-ring (bicyclic) bond motifs is 1. The molecule has 1 heterocycles. The minimum atomic E-state index is -0.486. The van der Waals surface area contributed by atoms with Crippen LogP contribution in [0.5, 0.6) is 5.88 Å². The molecular weight excluding hydrogens is 280 g/mol. The van der Waals surface area contributed by atoms with Gasteiger partial charge in [-0.05, 0) is 22.4 Å². The van der Waals surface area contributed by atoms with Gasteiger partial charge in [0.2, 0.25) is 0 Å². The topological polar surface area (TPSA) is 65.3 Å². The van der Waals surface area contributed by atoms with E-state index in [1.54, 1.807) is 0 Å². The molecule has 0 aliphatic heterocycles. The van der Waals surface area contributed by atoms with E-state index in [4.69, 9.17) is 4.74 Å². The van der Waals surface area contributed by atoms with Crippen LogP contribution >= 0.6 is 0 Å². The van der Waals surface area contributed by atoms with Crippen molar-refractivity contribution in [2.75, 3.05) is 6.61 Å². The summed E-state index contributed by atoms with van der Waals surface area (Å²) in [6.45, 7) is 0.339. The lowest BCUT2D eigenvalue weighted by Gasteiger charge is -2.08. The highest BCUT2D eigenvalue weighted by Gasteiger charge is 2.15. The van der Waals surface area contributed by atoms with E-state index in [0.29, 0.717) is 13.0 Å². The zero-order valence-electron chi connectivity index (χ0n) is 11.8. The van der Waals surface area contributed by atoms with Crippen molar-refractivity contribution in [3.8, 4) is 5.88 Å². The molecule has 3 rings (SSSR count). The molecule has 0 aliphatic carbocycles. The summed E-state index contributed by atoms with van der Waals surface area (Å²) in [5.74, 6) is 0.0627. The molecule has 0 unspecified atom stereocenters. The maximum absolute atomic E-state index is 10.9. The van der Waals surface area contributed by atoms with Gasteiger partial charge in [0, 0.05) is 18.7 Å². The van der Waals surface area contributed by atoms with Crippen LogP contribution in [0.1, 0.15) is 5.56 Å². The van der Waals surface area contributed by atoms with Gasteiger partial charge in [-0.2, -0.15) is 0 Å². The van der Waals surface area contributed by atoms with Gasteiger partial charge in [0.25, 0.3) is 5.88 Å². The summed E-state index contributed by atoms with van der Waals surface area (Å²) in [5, 5.41) is 13.3. The van der Waals surface area contributed by atoms with Crippen LogP contribution in [0.15, 0.2) is 60.8 Å². The first-order valence-electron chi connectivity index (χ1n) is 6.94. The fourth-order valence-electron chi connectivity index (χ4n) is 2.40. The number of benzene rings is 2. The van der Waals surface area contributed by atoms with Gasteiger partial charge in [0.15, 0.2) is 0 Å². The van der Waals surface area contributed by atoms with Crippen LogP contribution < -0.4 is 4.74 Å². The number of pyridine rings is 1. The fourth-order valence-corrected chi connectivity index (χ4v) is 2.40. The van der Waals surface area contributed by atoms with Crippen molar-refractivity contribution < 1.29 is 9.66 Å². The second-order valence-electron chi connectivity index (χ2n) is 4.82. The van der Waals surface area contributed by atoms with E-state index in [2.05, 4.69) is 23.2 Å². The first-order chi connectivity index (χ1) is 10.8. The molecule has 0 spiro atoms. The molecule has 0 saturated carbocycles. The lowest BCUT2D eigenvalue weighted by atomic mass is 10.0. The predicted octanol–water partition coefficient (Wildman–Crippen LogP) is 3.76. The van der Waals surface area contributed by atoms with Gasteiger partial charge >= 0.3 is 5.69 Å². The quantitative estimate of drug-likeness (QED) is 0.531. The van der Waals surface area contributed by atoms with Gasteiger partial charge in [-0.25, -0.2) is 4.98 Å². The average Bonchev–Trinajstić information content (AvgIpc) is 2.55. The lowest BCUT2D eigenvalue weighted by molar-refractivity contribution is -0.386. The zero-order valence-corrected chi connectivity index (χ0v) is 11.8. The zero-order chi connectivity index (χ0) is 15.4. The van der Waals surface area contributed by atoms with Crippen molar-refractivity contribution in [2.45, 2.75) is 6.42 Å². The van der Waals surface area contributed by atoms with E-state index >= 15 is 0 Å².